The molecule has 2 saturated heterocycles. The first-order valence-corrected chi connectivity index (χ1v) is 8.15. The van der Waals surface area contributed by atoms with Gasteiger partial charge in [-0.05, 0) is 43.9 Å². The molecule has 0 radical (unpaired) electrons. The Hall–Kier alpha value is -1.88. The highest BCUT2D eigenvalue weighted by Gasteiger charge is 2.32. The zero-order chi connectivity index (χ0) is 14.9. The summed E-state index contributed by atoms with van der Waals surface area (Å²) < 4.78 is 5.55. The molecule has 4 rings (SSSR count). The first-order chi connectivity index (χ1) is 10.8. The van der Waals surface area contributed by atoms with E-state index >= 15 is 0 Å². The molecule has 116 valence electrons. The minimum Gasteiger partial charge on any atom is -0.368 e. The molecule has 22 heavy (non-hydrogen) atoms. The van der Waals surface area contributed by atoms with E-state index < -0.39 is 0 Å². The number of aromatic amines is 1. The third-order valence-electron chi connectivity index (χ3n) is 4.79. The number of nitrogens with zero attached hydrogens (tertiary/aromatic N) is 2. The minimum atomic E-state index is -0.205. The van der Waals surface area contributed by atoms with E-state index in [9.17, 15) is 4.79 Å². The highest BCUT2D eigenvalue weighted by atomic mass is 16.5. The number of pyridine rings is 1. The van der Waals surface area contributed by atoms with Crippen molar-refractivity contribution in [3.63, 3.8) is 0 Å². The third kappa shape index (κ3) is 2.50. The lowest BCUT2D eigenvalue weighted by Gasteiger charge is -2.33. The Balaban J connectivity index is 1.51. The summed E-state index contributed by atoms with van der Waals surface area (Å²) in [4.78, 5) is 22.3. The maximum absolute atomic E-state index is 12.5. The van der Waals surface area contributed by atoms with Crippen molar-refractivity contribution in [2.75, 3.05) is 19.7 Å². The maximum atomic E-state index is 12.5. The molecule has 0 aliphatic carbocycles. The molecule has 2 fully saturated rings. The average Bonchev–Trinajstić information content (AvgIpc) is 3.23. The van der Waals surface area contributed by atoms with Crippen LogP contribution in [0.4, 0.5) is 0 Å². The van der Waals surface area contributed by atoms with Gasteiger partial charge in [-0.2, -0.15) is 0 Å². The fourth-order valence-corrected chi connectivity index (χ4v) is 3.61. The predicted octanol–water partition coefficient (Wildman–Crippen LogP) is 2.45. The number of ether oxygens (including phenoxy) is 1. The van der Waals surface area contributed by atoms with Gasteiger partial charge in [0.15, 0.2) is 0 Å². The van der Waals surface area contributed by atoms with E-state index in [1.54, 1.807) is 6.20 Å². The molecule has 2 unspecified atom stereocenters. The molecule has 0 spiro atoms. The molecule has 2 atom stereocenters. The van der Waals surface area contributed by atoms with Crippen LogP contribution in [0.1, 0.15) is 37.3 Å². The number of carbonyl (C=O) groups excluding carboxylic acids is 1. The molecular weight excluding hydrogens is 278 g/mol. The fraction of sp³-hybridized carbons (Fsp3) is 0.529. The Morgan fingerprint density at radius 3 is 3.14 bits per heavy atom. The van der Waals surface area contributed by atoms with Gasteiger partial charge in [-0.15, -0.1) is 0 Å². The number of H-pyrrole nitrogens is 1. The lowest BCUT2D eigenvalue weighted by Crippen LogP contribution is -2.44. The van der Waals surface area contributed by atoms with Crippen molar-refractivity contribution in [2.45, 2.75) is 37.7 Å². The van der Waals surface area contributed by atoms with E-state index in [-0.39, 0.29) is 12.0 Å². The molecule has 2 aromatic heterocycles. The molecule has 2 aliphatic rings. The van der Waals surface area contributed by atoms with Gasteiger partial charge in [-0.3, -0.25) is 4.79 Å². The molecule has 1 amide bonds. The van der Waals surface area contributed by atoms with Crippen molar-refractivity contribution >= 4 is 16.9 Å². The van der Waals surface area contributed by atoms with Gasteiger partial charge in [0.25, 0.3) is 5.91 Å². The third-order valence-corrected chi connectivity index (χ3v) is 4.79. The van der Waals surface area contributed by atoms with Gasteiger partial charge < -0.3 is 14.6 Å². The lowest BCUT2D eigenvalue weighted by molar-refractivity contribution is -0.142. The monoisotopic (exact) mass is 299 g/mol. The number of amides is 1. The summed E-state index contributed by atoms with van der Waals surface area (Å²) in [5.74, 6) is 0.546. The number of hydrogen-bond donors (Lipinski definition) is 1. The second-order valence-electron chi connectivity index (χ2n) is 6.29. The van der Waals surface area contributed by atoms with Crippen molar-refractivity contribution in [3.05, 3.63) is 30.1 Å². The number of carbonyl (C=O) groups is 1. The SMILES string of the molecule is O=C(C1CCCO1)N1CCCC(c2cc3cccnc3[nH]2)C1. The molecule has 0 saturated carbocycles. The number of fused-ring (bicyclic) bond motifs is 1. The molecule has 0 aromatic carbocycles. The van der Waals surface area contributed by atoms with Gasteiger partial charge in [0, 0.05) is 42.9 Å². The van der Waals surface area contributed by atoms with Crippen LogP contribution in [-0.2, 0) is 9.53 Å². The number of piperidine rings is 1. The first kappa shape index (κ1) is 13.8. The first-order valence-electron chi connectivity index (χ1n) is 8.15. The van der Waals surface area contributed by atoms with Crippen molar-refractivity contribution in [3.8, 4) is 0 Å². The Morgan fingerprint density at radius 1 is 1.36 bits per heavy atom. The van der Waals surface area contributed by atoms with Crippen molar-refractivity contribution in [1.82, 2.24) is 14.9 Å². The number of nitrogens with one attached hydrogen (secondary N) is 1. The van der Waals surface area contributed by atoms with Gasteiger partial charge in [0.2, 0.25) is 0 Å². The van der Waals surface area contributed by atoms with Crippen LogP contribution in [0.3, 0.4) is 0 Å². The topological polar surface area (TPSA) is 58.2 Å². The second kappa shape index (κ2) is 5.72. The zero-order valence-electron chi connectivity index (χ0n) is 12.6. The van der Waals surface area contributed by atoms with Gasteiger partial charge in [-0.25, -0.2) is 4.98 Å². The summed E-state index contributed by atoms with van der Waals surface area (Å²) in [6.07, 6.45) is 5.63. The summed E-state index contributed by atoms with van der Waals surface area (Å²) in [5.41, 5.74) is 2.12. The highest BCUT2D eigenvalue weighted by Crippen LogP contribution is 2.29. The molecule has 4 heterocycles. The molecule has 5 nitrogen and oxygen atoms in total. The smallest absolute Gasteiger partial charge is 0.251 e. The van der Waals surface area contributed by atoms with Crippen LogP contribution in [0.5, 0.6) is 0 Å². The minimum absolute atomic E-state index is 0.177. The van der Waals surface area contributed by atoms with E-state index in [0.29, 0.717) is 5.92 Å². The van der Waals surface area contributed by atoms with E-state index in [4.69, 9.17) is 4.74 Å². The zero-order valence-corrected chi connectivity index (χ0v) is 12.6. The van der Waals surface area contributed by atoms with Crippen LogP contribution >= 0.6 is 0 Å². The molecule has 2 aliphatic heterocycles. The Morgan fingerprint density at radius 2 is 2.32 bits per heavy atom. The van der Waals surface area contributed by atoms with Crippen molar-refractivity contribution in [2.24, 2.45) is 0 Å². The number of likely N-dealkylation sites (tertiary alicyclic amines) is 1. The van der Waals surface area contributed by atoms with E-state index in [0.717, 1.165) is 56.4 Å². The van der Waals surface area contributed by atoms with Crippen molar-refractivity contribution in [1.29, 1.82) is 0 Å². The Labute approximate surface area is 129 Å². The fourth-order valence-electron chi connectivity index (χ4n) is 3.61. The predicted molar refractivity (Wildman–Crippen MR) is 83.6 cm³/mol. The second-order valence-corrected chi connectivity index (χ2v) is 6.29. The lowest BCUT2D eigenvalue weighted by atomic mass is 9.94. The van der Waals surface area contributed by atoms with Crippen LogP contribution in [-0.4, -0.2) is 46.6 Å². The number of rotatable bonds is 2. The van der Waals surface area contributed by atoms with Crippen LogP contribution in [0, 0.1) is 0 Å². The van der Waals surface area contributed by atoms with Gasteiger partial charge >= 0.3 is 0 Å². The van der Waals surface area contributed by atoms with Crippen LogP contribution in [0.2, 0.25) is 0 Å². The number of aromatic nitrogens is 2. The Kier molecular flexibility index (Phi) is 3.58. The average molecular weight is 299 g/mol. The van der Waals surface area contributed by atoms with E-state index in [1.165, 1.54) is 5.69 Å². The summed E-state index contributed by atoms with van der Waals surface area (Å²) in [7, 11) is 0. The maximum Gasteiger partial charge on any atom is 0.251 e. The molecule has 0 bridgehead atoms. The van der Waals surface area contributed by atoms with Gasteiger partial charge in [0.1, 0.15) is 11.8 Å². The molecule has 5 heteroatoms. The summed E-state index contributed by atoms with van der Waals surface area (Å²) in [5, 5.41) is 1.14. The largest absolute Gasteiger partial charge is 0.368 e. The van der Waals surface area contributed by atoms with E-state index in [2.05, 4.69) is 22.1 Å². The van der Waals surface area contributed by atoms with Crippen LogP contribution in [0.25, 0.3) is 11.0 Å². The normalized spacial score (nSPS) is 25.7. The molecule has 1 N–H and O–H groups in total. The van der Waals surface area contributed by atoms with Gasteiger partial charge in [-0.1, -0.05) is 0 Å². The summed E-state index contributed by atoms with van der Waals surface area (Å²) >= 11 is 0. The van der Waals surface area contributed by atoms with Crippen molar-refractivity contribution < 1.29 is 9.53 Å². The van der Waals surface area contributed by atoms with Crippen LogP contribution in [0.15, 0.2) is 24.4 Å². The summed E-state index contributed by atoms with van der Waals surface area (Å²) in [6, 6.07) is 6.20. The quantitative estimate of drug-likeness (QED) is 0.926. The Bertz CT molecular complexity index is 642. The number of hydrogen-bond acceptors (Lipinski definition) is 3. The summed E-state index contributed by atoms with van der Waals surface area (Å²) in [6.45, 7) is 2.36. The van der Waals surface area contributed by atoms with Gasteiger partial charge in [0.05, 0.1) is 0 Å². The highest BCUT2D eigenvalue weighted by molar-refractivity contribution is 5.81. The standard InChI is InChI=1S/C17H21N3O2/c21-17(15-6-3-9-22-15)20-8-2-5-13(11-20)14-10-12-4-1-7-18-16(12)19-14/h1,4,7,10,13,15H,2-3,5-6,8-9,11H2,(H,18,19). The molecule has 2 aromatic rings. The van der Waals surface area contributed by atoms with Crippen LogP contribution < -0.4 is 0 Å². The molecular formula is C17H21N3O2. The van der Waals surface area contributed by atoms with E-state index in [1.807, 2.05) is 11.0 Å².